The maximum Gasteiger partial charge on any atom is 0.270 e. The van der Waals surface area contributed by atoms with Crippen LogP contribution in [0.2, 0.25) is 5.02 Å². The van der Waals surface area contributed by atoms with Crippen molar-refractivity contribution in [1.82, 2.24) is 4.31 Å². The first-order chi connectivity index (χ1) is 12.0. The number of benzene rings is 2. The number of nitro groups is 1. The molecule has 1 N–H and O–H groups in total. The zero-order valence-corrected chi connectivity index (χ0v) is 15.8. The Morgan fingerprint density at radius 1 is 1.19 bits per heavy atom. The van der Waals surface area contributed by atoms with Crippen molar-refractivity contribution in [3.63, 3.8) is 0 Å². The smallest absolute Gasteiger partial charge is 0.270 e. The Bertz CT molecular complexity index is 989. The van der Waals surface area contributed by atoms with E-state index in [0.29, 0.717) is 11.3 Å². The third-order valence-corrected chi connectivity index (χ3v) is 5.77. The van der Waals surface area contributed by atoms with Gasteiger partial charge in [0.25, 0.3) is 11.6 Å². The van der Waals surface area contributed by atoms with Crippen molar-refractivity contribution in [3.05, 3.63) is 62.7 Å². The second-order valence-electron chi connectivity index (χ2n) is 5.64. The van der Waals surface area contributed by atoms with Crippen LogP contribution in [0.3, 0.4) is 0 Å². The number of hydrogen-bond acceptors (Lipinski definition) is 5. The molecule has 0 atom stereocenters. The van der Waals surface area contributed by atoms with Crippen molar-refractivity contribution in [3.8, 4) is 0 Å². The number of carbonyl (C=O) groups excluding carboxylic acids is 1. The Kier molecular flexibility index (Phi) is 5.65. The van der Waals surface area contributed by atoms with Crippen LogP contribution in [-0.4, -0.2) is 37.6 Å². The molecule has 26 heavy (non-hydrogen) atoms. The van der Waals surface area contributed by atoms with E-state index in [2.05, 4.69) is 5.32 Å². The molecule has 2 aromatic rings. The molecule has 138 valence electrons. The molecule has 0 bridgehead atoms. The van der Waals surface area contributed by atoms with E-state index in [1.54, 1.807) is 13.0 Å². The Morgan fingerprint density at radius 2 is 1.85 bits per heavy atom. The molecule has 0 spiro atoms. The molecule has 10 heteroatoms. The van der Waals surface area contributed by atoms with E-state index in [4.69, 9.17) is 11.6 Å². The molecule has 1 amide bonds. The van der Waals surface area contributed by atoms with Gasteiger partial charge in [0.2, 0.25) is 10.0 Å². The summed E-state index contributed by atoms with van der Waals surface area (Å²) in [7, 11) is -0.845. The van der Waals surface area contributed by atoms with E-state index in [9.17, 15) is 23.3 Å². The highest BCUT2D eigenvalue weighted by Crippen LogP contribution is 2.26. The number of nitrogens with one attached hydrogen (secondary N) is 1. The Balaban J connectivity index is 2.37. The number of sulfonamides is 1. The second-order valence-corrected chi connectivity index (χ2v) is 8.20. The first kappa shape index (κ1) is 19.8. The molecule has 2 aromatic carbocycles. The lowest BCUT2D eigenvalue weighted by Crippen LogP contribution is -2.22. The van der Waals surface area contributed by atoms with E-state index >= 15 is 0 Å². The predicted octanol–water partition coefficient (Wildman–Crippen LogP) is 3.06. The number of nitro benzene ring substituents is 1. The molecule has 0 aliphatic carbocycles. The predicted molar refractivity (Wildman–Crippen MR) is 98.1 cm³/mol. The van der Waals surface area contributed by atoms with Gasteiger partial charge in [-0.2, -0.15) is 0 Å². The zero-order chi connectivity index (χ0) is 19.6. The highest BCUT2D eigenvalue weighted by atomic mass is 35.5. The minimum Gasteiger partial charge on any atom is -0.322 e. The SMILES string of the molecule is Cc1ccc(S(=O)(=O)N(C)C)cc1NC(=O)c1ccc([N+](=O)[O-])cc1Cl. The monoisotopic (exact) mass is 397 g/mol. The average Bonchev–Trinajstić information content (AvgIpc) is 2.56. The molecule has 0 radical (unpaired) electrons. The number of hydrogen-bond donors (Lipinski definition) is 1. The van der Waals surface area contributed by atoms with Crippen molar-refractivity contribution in [1.29, 1.82) is 0 Å². The van der Waals surface area contributed by atoms with Crippen molar-refractivity contribution in [2.45, 2.75) is 11.8 Å². The molecule has 0 fully saturated rings. The maximum absolute atomic E-state index is 12.4. The van der Waals surface area contributed by atoms with Gasteiger partial charge in [0, 0.05) is 31.9 Å². The van der Waals surface area contributed by atoms with Crippen molar-refractivity contribution in [2.24, 2.45) is 0 Å². The van der Waals surface area contributed by atoms with E-state index in [-0.39, 0.29) is 21.2 Å². The van der Waals surface area contributed by atoms with E-state index in [1.807, 2.05) is 0 Å². The Labute approximate surface area is 155 Å². The van der Waals surface area contributed by atoms with Crippen LogP contribution in [0.15, 0.2) is 41.3 Å². The van der Waals surface area contributed by atoms with Crippen molar-refractivity contribution >= 4 is 38.9 Å². The molecule has 0 saturated carbocycles. The number of aryl methyl sites for hydroxylation is 1. The number of rotatable bonds is 5. The fourth-order valence-corrected chi connectivity index (χ4v) is 3.29. The summed E-state index contributed by atoms with van der Waals surface area (Å²) >= 11 is 5.95. The summed E-state index contributed by atoms with van der Waals surface area (Å²) in [5.41, 5.74) is 0.751. The number of anilines is 1. The Hall–Kier alpha value is -2.49. The minimum absolute atomic E-state index is 0.0261. The first-order valence-corrected chi connectivity index (χ1v) is 9.14. The van der Waals surface area contributed by atoms with Crippen LogP contribution in [0.1, 0.15) is 15.9 Å². The molecule has 0 aliphatic heterocycles. The van der Waals surface area contributed by atoms with Gasteiger partial charge in [-0.3, -0.25) is 14.9 Å². The summed E-state index contributed by atoms with van der Waals surface area (Å²) in [6.07, 6.45) is 0. The topological polar surface area (TPSA) is 110 Å². The number of halogens is 1. The van der Waals surface area contributed by atoms with Crippen LogP contribution >= 0.6 is 11.6 Å². The molecular weight excluding hydrogens is 382 g/mol. The summed E-state index contributed by atoms with van der Waals surface area (Å²) in [4.78, 5) is 22.6. The number of non-ortho nitro benzene ring substituents is 1. The number of amides is 1. The van der Waals surface area contributed by atoms with Gasteiger partial charge in [0.1, 0.15) is 0 Å². The quantitative estimate of drug-likeness (QED) is 0.615. The van der Waals surface area contributed by atoms with Crippen molar-refractivity contribution < 1.29 is 18.1 Å². The largest absolute Gasteiger partial charge is 0.322 e. The fourth-order valence-electron chi connectivity index (χ4n) is 2.10. The molecule has 0 aromatic heterocycles. The third-order valence-electron chi connectivity index (χ3n) is 3.64. The molecule has 8 nitrogen and oxygen atoms in total. The normalized spacial score (nSPS) is 11.4. The maximum atomic E-state index is 12.4. The van der Waals surface area contributed by atoms with E-state index in [0.717, 1.165) is 10.4 Å². The molecule has 2 rings (SSSR count). The molecule has 0 unspecified atom stereocenters. The van der Waals surface area contributed by atoms with Crippen LogP contribution in [-0.2, 0) is 10.0 Å². The Morgan fingerprint density at radius 3 is 2.38 bits per heavy atom. The third kappa shape index (κ3) is 4.01. The highest BCUT2D eigenvalue weighted by molar-refractivity contribution is 7.89. The first-order valence-electron chi connectivity index (χ1n) is 7.32. The second kappa shape index (κ2) is 7.40. The fraction of sp³-hybridized carbons (Fsp3) is 0.188. The standard InChI is InChI=1S/C16H16ClN3O5S/c1-10-4-6-12(26(24,25)19(2)3)9-15(10)18-16(21)13-7-5-11(20(22)23)8-14(13)17/h4-9H,1-3H3,(H,18,21). The molecule has 0 saturated heterocycles. The summed E-state index contributed by atoms with van der Waals surface area (Å²) in [6, 6.07) is 7.85. The van der Waals surface area contributed by atoms with Crippen LogP contribution in [0, 0.1) is 17.0 Å². The number of nitrogens with zero attached hydrogens (tertiary/aromatic N) is 2. The van der Waals surface area contributed by atoms with Gasteiger partial charge in [-0.05, 0) is 30.7 Å². The van der Waals surface area contributed by atoms with Gasteiger partial charge in [-0.25, -0.2) is 12.7 Å². The lowest BCUT2D eigenvalue weighted by Gasteiger charge is -2.14. The van der Waals surface area contributed by atoms with Gasteiger partial charge in [-0.15, -0.1) is 0 Å². The minimum atomic E-state index is -3.66. The zero-order valence-electron chi connectivity index (χ0n) is 14.2. The molecule has 0 heterocycles. The lowest BCUT2D eigenvalue weighted by atomic mass is 10.1. The van der Waals surface area contributed by atoms with Gasteiger partial charge in [-0.1, -0.05) is 17.7 Å². The van der Waals surface area contributed by atoms with Gasteiger partial charge in [0.15, 0.2) is 0 Å². The summed E-state index contributed by atoms with van der Waals surface area (Å²) in [5, 5.41) is 13.3. The average molecular weight is 398 g/mol. The van der Waals surface area contributed by atoms with Crippen LogP contribution < -0.4 is 5.32 Å². The van der Waals surface area contributed by atoms with Crippen LogP contribution in [0.25, 0.3) is 0 Å². The summed E-state index contributed by atoms with van der Waals surface area (Å²) < 4.78 is 25.5. The van der Waals surface area contributed by atoms with Gasteiger partial charge in [0.05, 0.1) is 20.4 Å². The summed E-state index contributed by atoms with van der Waals surface area (Å²) in [5.74, 6) is -0.604. The van der Waals surface area contributed by atoms with E-state index in [1.165, 1.54) is 38.4 Å². The highest BCUT2D eigenvalue weighted by Gasteiger charge is 2.20. The summed E-state index contributed by atoms with van der Waals surface area (Å²) in [6.45, 7) is 1.71. The number of carbonyl (C=O) groups is 1. The van der Waals surface area contributed by atoms with E-state index < -0.39 is 20.9 Å². The lowest BCUT2D eigenvalue weighted by molar-refractivity contribution is -0.384. The molecule has 0 aliphatic rings. The van der Waals surface area contributed by atoms with Crippen LogP contribution in [0.4, 0.5) is 11.4 Å². The van der Waals surface area contributed by atoms with Crippen LogP contribution in [0.5, 0.6) is 0 Å². The van der Waals surface area contributed by atoms with Crippen molar-refractivity contribution in [2.75, 3.05) is 19.4 Å². The van der Waals surface area contributed by atoms with Gasteiger partial charge < -0.3 is 5.32 Å². The molecular formula is C16H16ClN3O5S. The van der Waals surface area contributed by atoms with Gasteiger partial charge >= 0.3 is 0 Å².